The number of hydrogen-bond acceptors (Lipinski definition) is 6. The highest BCUT2D eigenvalue weighted by atomic mass is 16.6. The Morgan fingerprint density at radius 2 is 1.82 bits per heavy atom. The van der Waals surface area contributed by atoms with Crippen molar-refractivity contribution in [3.05, 3.63) is 0 Å². The summed E-state index contributed by atoms with van der Waals surface area (Å²) in [7, 11) is 1.60. The number of rotatable bonds is 7. The fourth-order valence-electron chi connectivity index (χ4n) is 0.849. The van der Waals surface area contributed by atoms with E-state index < -0.39 is 17.4 Å². The average Bonchev–Trinajstić information content (AvgIpc) is 2.21. The maximum atomic E-state index is 11.3. The van der Waals surface area contributed by atoms with E-state index in [2.05, 4.69) is 10.9 Å². The molecule has 0 radical (unpaired) electrons. The van der Waals surface area contributed by atoms with Gasteiger partial charge >= 0.3 is 5.97 Å². The summed E-state index contributed by atoms with van der Waals surface area (Å²) >= 11 is 0. The first-order valence-electron chi connectivity index (χ1n) is 5.51. The molecule has 0 amide bonds. The number of methoxy groups -OCH3 is 1. The monoisotopic (exact) mass is 246 g/mol. The molecule has 100 valence electrons. The minimum atomic E-state index is -0.827. The van der Waals surface area contributed by atoms with E-state index >= 15 is 0 Å². The van der Waals surface area contributed by atoms with Gasteiger partial charge in [0, 0.05) is 13.7 Å². The van der Waals surface area contributed by atoms with E-state index in [1.807, 2.05) is 6.92 Å². The van der Waals surface area contributed by atoms with Gasteiger partial charge in [0.05, 0.1) is 12.6 Å². The first-order valence-corrected chi connectivity index (χ1v) is 5.51. The van der Waals surface area contributed by atoms with E-state index in [-0.39, 0.29) is 12.6 Å². The summed E-state index contributed by atoms with van der Waals surface area (Å²) in [4.78, 5) is 22.6. The van der Waals surface area contributed by atoms with Crippen molar-refractivity contribution in [3.63, 3.8) is 0 Å². The van der Waals surface area contributed by atoms with E-state index in [1.165, 1.54) is 0 Å². The van der Waals surface area contributed by atoms with Gasteiger partial charge in [0.15, 0.2) is 0 Å². The quantitative estimate of drug-likeness (QED) is 0.285. The zero-order valence-corrected chi connectivity index (χ0v) is 11.1. The second-order valence-corrected chi connectivity index (χ2v) is 4.71. The molecule has 0 aromatic carbocycles. The predicted octanol–water partition coefficient (Wildman–Crippen LogP) is 0.0263. The zero-order valence-electron chi connectivity index (χ0n) is 11.1. The van der Waals surface area contributed by atoms with Crippen LogP contribution in [0.4, 0.5) is 0 Å². The molecule has 0 fully saturated rings. The molecule has 0 bridgehead atoms. The van der Waals surface area contributed by atoms with Gasteiger partial charge in [0.2, 0.25) is 0 Å². The van der Waals surface area contributed by atoms with Crippen molar-refractivity contribution < 1.29 is 19.1 Å². The molecule has 0 spiro atoms. The lowest BCUT2D eigenvalue weighted by Gasteiger charge is -2.18. The largest absolute Gasteiger partial charge is 0.454 e. The molecule has 0 aromatic rings. The van der Waals surface area contributed by atoms with Gasteiger partial charge in [-0.05, 0) is 27.7 Å². The maximum Gasteiger partial charge on any atom is 0.376 e. The van der Waals surface area contributed by atoms with Crippen LogP contribution in [0.3, 0.4) is 0 Å². The summed E-state index contributed by atoms with van der Waals surface area (Å²) in [5, 5.41) is 0. The summed E-state index contributed by atoms with van der Waals surface area (Å²) in [6.07, 6.45) is 0.0270. The third kappa shape index (κ3) is 8.79. The molecule has 0 aliphatic rings. The minimum Gasteiger partial charge on any atom is -0.454 e. The number of nitrogens with one attached hydrogen (secondary N) is 2. The lowest BCUT2D eigenvalue weighted by Crippen LogP contribution is -2.43. The van der Waals surface area contributed by atoms with Crippen LogP contribution < -0.4 is 10.9 Å². The van der Waals surface area contributed by atoms with Crippen LogP contribution in [0.2, 0.25) is 0 Å². The van der Waals surface area contributed by atoms with Crippen LogP contribution in [0.5, 0.6) is 0 Å². The molecule has 0 aliphatic carbocycles. The molecule has 0 aliphatic heterocycles. The van der Waals surface area contributed by atoms with Gasteiger partial charge in [-0.1, -0.05) is 0 Å². The summed E-state index contributed by atoms with van der Waals surface area (Å²) in [5.41, 5.74) is 4.77. The molecule has 0 saturated carbocycles. The SMILES string of the molecule is COC(C)CNNCC(=O)C(=O)OC(C)(C)C. The summed E-state index contributed by atoms with van der Waals surface area (Å²) in [5.74, 6) is -1.44. The van der Waals surface area contributed by atoms with Crippen LogP contribution in [-0.2, 0) is 19.1 Å². The third-order valence-corrected chi connectivity index (χ3v) is 1.79. The van der Waals surface area contributed by atoms with Crippen LogP contribution in [-0.4, -0.2) is 43.7 Å². The standard InChI is InChI=1S/C11H22N2O4/c1-8(16-5)6-12-13-7-9(14)10(15)17-11(2,3)4/h8,12-13H,6-7H2,1-5H3. The van der Waals surface area contributed by atoms with Crippen LogP contribution >= 0.6 is 0 Å². The van der Waals surface area contributed by atoms with Crippen molar-refractivity contribution in [2.45, 2.75) is 39.4 Å². The number of carbonyl (C=O) groups is 2. The van der Waals surface area contributed by atoms with Crippen LogP contribution in [0, 0.1) is 0 Å². The van der Waals surface area contributed by atoms with Crippen LogP contribution in [0.15, 0.2) is 0 Å². The number of Topliss-reactive ketones (excluding diaryl/α,β-unsaturated/α-hetero) is 1. The molecule has 17 heavy (non-hydrogen) atoms. The zero-order chi connectivity index (χ0) is 13.5. The third-order valence-electron chi connectivity index (χ3n) is 1.79. The number of hydrogen-bond donors (Lipinski definition) is 2. The van der Waals surface area contributed by atoms with Crippen molar-refractivity contribution in [2.75, 3.05) is 20.2 Å². The Kier molecular flexibility index (Phi) is 6.94. The number of esters is 1. The average molecular weight is 246 g/mol. The summed E-state index contributed by atoms with van der Waals surface area (Å²) < 4.78 is 9.91. The summed E-state index contributed by atoms with van der Waals surface area (Å²) in [6.45, 7) is 7.45. The molecular weight excluding hydrogens is 224 g/mol. The van der Waals surface area contributed by atoms with Gasteiger partial charge in [0.1, 0.15) is 5.60 Å². The highest BCUT2D eigenvalue weighted by molar-refractivity contribution is 6.34. The smallest absolute Gasteiger partial charge is 0.376 e. The predicted molar refractivity (Wildman–Crippen MR) is 63.3 cm³/mol. The Bertz CT molecular complexity index is 261. The van der Waals surface area contributed by atoms with Gasteiger partial charge in [-0.2, -0.15) is 0 Å². The summed E-state index contributed by atoms with van der Waals surface area (Å²) in [6, 6.07) is 0. The van der Waals surface area contributed by atoms with E-state index in [1.54, 1.807) is 27.9 Å². The number of ether oxygens (including phenoxy) is 2. The van der Waals surface area contributed by atoms with E-state index in [4.69, 9.17) is 9.47 Å². The van der Waals surface area contributed by atoms with Gasteiger partial charge in [-0.3, -0.25) is 10.2 Å². The van der Waals surface area contributed by atoms with Crippen molar-refractivity contribution in [2.24, 2.45) is 0 Å². The first-order chi connectivity index (χ1) is 7.76. The second-order valence-electron chi connectivity index (χ2n) is 4.71. The molecule has 0 saturated heterocycles. The van der Waals surface area contributed by atoms with E-state index in [0.717, 1.165) is 0 Å². The molecule has 0 aromatic heterocycles. The highest BCUT2D eigenvalue weighted by Crippen LogP contribution is 2.06. The van der Waals surface area contributed by atoms with Crippen molar-refractivity contribution in [3.8, 4) is 0 Å². The first kappa shape index (κ1) is 16.0. The van der Waals surface area contributed by atoms with Crippen LogP contribution in [0.25, 0.3) is 0 Å². The Hall–Kier alpha value is -0.980. The molecule has 0 rings (SSSR count). The van der Waals surface area contributed by atoms with Crippen LogP contribution in [0.1, 0.15) is 27.7 Å². The van der Waals surface area contributed by atoms with Crippen molar-refractivity contribution in [1.29, 1.82) is 0 Å². The molecule has 0 heterocycles. The number of ketones is 1. The molecule has 1 atom stereocenters. The van der Waals surface area contributed by atoms with E-state index in [9.17, 15) is 9.59 Å². The highest BCUT2D eigenvalue weighted by Gasteiger charge is 2.22. The molecule has 1 unspecified atom stereocenters. The number of hydrazine groups is 1. The lowest BCUT2D eigenvalue weighted by molar-refractivity contribution is -0.162. The van der Waals surface area contributed by atoms with Crippen molar-refractivity contribution >= 4 is 11.8 Å². The Labute approximate surface area is 102 Å². The van der Waals surface area contributed by atoms with Crippen molar-refractivity contribution in [1.82, 2.24) is 10.9 Å². The molecular formula is C11H22N2O4. The van der Waals surface area contributed by atoms with Gasteiger partial charge in [-0.15, -0.1) is 0 Å². The molecule has 6 heteroatoms. The fourth-order valence-corrected chi connectivity index (χ4v) is 0.849. The fraction of sp³-hybridized carbons (Fsp3) is 0.818. The minimum absolute atomic E-state index is 0.0270. The lowest BCUT2D eigenvalue weighted by atomic mass is 10.2. The Morgan fingerprint density at radius 1 is 1.24 bits per heavy atom. The van der Waals surface area contributed by atoms with Gasteiger partial charge in [0.25, 0.3) is 5.78 Å². The van der Waals surface area contributed by atoms with Gasteiger partial charge in [-0.25, -0.2) is 10.2 Å². The Morgan fingerprint density at radius 3 is 2.29 bits per heavy atom. The topological polar surface area (TPSA) is 76.7 Å². The number of carbonyl (C=O) groups excluding carboxylic acids is 2. The molecule has 6 nitrogen and oxygen atoms in total. The van der Waals surface area contributed by atoms with E-state index in [0.29, 0.717) is 6.54 Å². The second kappa shape index (κ2) is 7.37. The maximum absolute atomic E-state index is 11.3. The van der Waals surface area contributed by atoms with Gasteiger partial charge < -0.3 is 9.47 Å². The molecule has 2 N–H and O–H groups in total. The normalized spacial score (nSPS) is 13.2. The Balaban J connectivity index is 3.76.